The van der Waals surface area contributed by atoms with Crippen LogP contribution in [0.5, 0.6) is 0 Å². The van der Waals surface area contributed by atoms with E-state index >= 15 is 0 Å². The predicted molar refractivity (Wildman–Crippen MR) is 42.0 cm³/mol. The van der Waals surface area contributed by atoms with E-state index < -0.39 is 22.3 Å². The monoisotopic (exact) mass is 196 g/mol. The van der Waals surface area contributed by atoms with E-state index in [1.54, 1.807) is 13.8 Å². The topological polar surface area (TPSA) is 112 Å². The van der Waals surface area contributed by atoms with Crippen molar-refractivity contribution < 1.29 is 17.4 Å². The first-order chi connectivity index (χ1) is 5.24. The lowest BCUT2D eigenvalue weighted by Crippen LogP contribution is -2.39. The summed E-state index contributed by atoms with van der Waals surface area (Å²) in [5.74, 6) is -1.23. The van der Waals surface area contributed by atoms with Crippen molar-refractivity contribution in [3.63, 3.8) is 0 Å². The van der Waals surface area contributed by atoms with E-state index in [2.05, 4.69) is 9.32 Å². The van der Waals surface area contributed by atoms with Gasteiger partial charge in [0.05, 0.1) is 0 Å². The first-order valence-electron chi connectivity index (χ1n) is 3.25. The van der Waals surface area contributed by atoms with Crippen LogP contribution in [-0.4, -0.2) is 20.4 Å². The van der Waals surface area contributed by atoms with Gasteiger partial charge in [-0.1, -0.05) is 13.8 Å². The molecule has 1 atom stereocenters. The Hall–Kier alpha value is -0.660. The van der Waals surface area contributed by atoms with E-state index in [0.717, 1.165) is 0 Å². The third-order valence-corrected chi connectivity index (χ3v) is 1.59. The molecule has 0 saturated carbocycles. The molecule has 0 saturated heterocycles. The van der Waals surface area contributed by atoms with Crippen LogP contribution in [0.3, 0.4) is 0 Å². The lowest BCUT2D eigenvalue weighted by Gasteiger charge is -2.12. The van der Waals surface area contributed by atoms with E-state index in [1.807, 2.05) is 0 Å². The number of rotatable bonds is 3. The van der Waals surface area contributed by atoms with Gasteiger partial charge >= 0.3 is 16.3 Å². The summed E-state index contributed by atoms with van der Waals surface area (Å²) in [7, 11) is -4.23. The van der Waals surface area contributed by atoms with Crippen LogP contribution in [0, 0.1) is 5.92 Å². The third-order valence-electron chi connectivity index (χ3n) is 1.19. The summed E-state index contributed by atoms with van der Waals surface area (Å²) in [6, 6.07) is -0.969. The second kappa shape index (κ2) is 3.83. The molecule has 0 aromatic rings. The zero-order chi connectivity index (χ0) is 9.94. The largest absolute Gasteiger partial charge is 0.382 e. The zero-order valence-electron chi connectivity index (χ0n) is 6.85. The van der Waals surface area contributed by atoms with E-state index in [-0.39, 0.29) is 5.92 Å². The normalized spacial score (nSPS) is 14.4. The summed E-state index contributed by atoms with van der Waals surface area (Å²) in [5.41, 5.74) is 5.27. The van der Waals surface area contributed by atoms with Crippen LogP contribution in [-0.2, 0) is 19.3 Å². The summed E-state index contributed by atoms with van der Waals surface area (Å²) in [5, 5.41) is 4.45. The molecule has 72 valence electrons. The third kappa shape index (κ3) is 4.27. The number of carbonyl (C=O) groups excluding carboxylic acids is 1. The second-order valence-corrected chi connectivity index (χ2v) is 3.82. The zero-order valence-corrected chi connectivity index (χ0v) is 7.67. The molecule has 0 aliphatic carbocycles. The summed E-state index contributed by atoms with van der Waals surface area (Å²) >= 11 is 0. The molecule has 4 N–H and O–H groups in total. The van der Waals surface area contributed by atoms with Gasteiger partial charge in [0.25, 0.3) is 0 Å². The standard InChI is InChI=1S/C5H12N2O4S/c1-3(2)4(6)5(8)11-12(7,9)10/h3-4H,6H2,1-2H3,(H2,7,9,10)/t4-/m1/s1. The maximum atomic E-state index is 10.8. The van der Waals surface area contributed by atoms with Gasteiger partial charge in [-0.2, -0.15) is 13.6 Å². The van der Waals surface area contributed by atoms with Crippen LogP contribution >= 0.6 is 0 Å². The fraction of sp³-hybridized carbons (Fsp3) is 0.800. The Labute approximate surface area is 71.1 Å². The van der Waals surface area contributed by atoms with E-state index in [1.165, 1.54) is 0 Å². The van der Waals surface area contributed by atoms with Crippen molar-refractivity contribution in [2.45, 2.75) is 19.9 Å². The maximum absolute atomic E-state index is 10.8. The fourth-order valence-electron chi connectivity index (χ4n) is 0.442. The molecule has 0 aromatic carbocycles. The van der Waals surface area contributed by atoms with E-state index in [4.69, 9.17) is 5.73 Å². The molecular formula is C5H12N2O4S. The maximum Gasteiger partial charge on any atom is 0.382 e. The van der Waals surface area contributed by atoms with Gasteiger partial charge in [-0.05, 0) is 5.92 Å². The molecular weight excluding hydrogens is 184 g/mol. The Morgan fingerprint density at radius 2 is 1.83 bits per heavy atom. The summed E-state index contributed by atoms with van der Waals surface area (Å²) in [4.78, 5) is 10.8. The molecule has 12 heavy (non-hydrogen) atoms. The minimum Gasteiger partial charge on any atom is -0.333 e. The van der Waals surface area contributed by atoms with Crippen molar-refractivity contribution in [3.8, 4) is 0 Å². The first-order valence-corrected chi connectivity index (χ1v) is 4.73. The van der Waals surface area contributed by atoms with Crippen LogP contribution in [0.25, 0.3) is 0 Å². The highest BCUT2D eigenvalue weighted by Crippen LogP contribution is 2.01. The van der Waals surface area contributed by atoms with Gasteiger partial charge in [-0.15, -0.1) is 0 Å². The average molecular weight is 196 g/mol. The molecule has 0 spiro atoms. The smallest absolute Gasteiger partial charge is 0.333 e. The van der Waals surface area contributed by atoms with Gasteiger partial charge in [0.15, 0.2) is 0 Å². The summed E-state index contributed by atoms with van der Waals surface area (Å²) in [6.45, 7) is 3.32. The first kappa shape index (κ1) is 11.3. The Bertz CT molecular complexity index is 259. The number of carbonyl (C=O) groups is 1. The lowest BCUT2D eigenvalue weighted by molar-refractivity contribution is -0.136. The molecule has 7 heteroatoms. The van der Waals surface area contributed by atoms with Crippen LogP contribution < -0.4 is 10.9 Å². The van der Waals surface area contributed by atoms with Gasteiger partial charge in [0, 0.05) is 0 Å². The molecule has 0 bridgehead atoms. The molecule has 0 fully saturated rings. The van der Waals surface area contributed by atoms with Gasteiger partial charge in [0.2, 0.25) is 0 Å². The highest BCUT2D eigenvalue weighted by Gasteiger charge is 2.22. The SMILES string of the molecule is CC(C)[C@@H](N)C(=O)OS(N)(=O)=O. The van der Waals surface area contributed by atoms with Crippen LogP contribution in [0.4, 0.5) is 0 Å². The van der Waals surface area contributed by atoms with E-state index in [9.17, 15) is 13.2 Å². The van der Waals surface area contributed by atoms with Crippen molar-refractivity contribution in [2.75, 3.05) is 0 Å². The van der Waals surface area contributed by atoms with Gasteiger partial charge in [-0.25, -0.2) is 4.79 Å². The molecule has 0 aromatic heterocycles. The lowest BCUT2D eigenvalue weighted by atomic mass is 10.1. The minimum absolute atomic E-state index is 0.195. The van der Waals surface area contributed by atoms with Crippen molar-refractivity contribution >= 4 is 16.3 Å². The average Bonchev–Trinajstić information content (AvgIpc) is 1.82. The van der Waals surface area contributed by atoms with Crippen molar-refractivity contribution in [1.82, 2.24) is 0 Å². The predicted octanol–water partition coefficient (Wildman–Crippen LogP) is -1.28. The van der Waals surface area contributed by atoms with Gasteiger partial charge < -0.3 is 9.92 Å². The van der Waals surface area contributed by atoms with Crippen molar-refractivity contribution in [2.24, 2.45) is 16.8 Å². The van der Waals surface area contributed by atoms with Crippen LogP contribution in [0.1, 0.15) is 13.8 Å². The van der Waals surface area contributed by atoms with Gasteiger partial charge in [-0.3, -0.25) is 0 Å². The van der Waals surface area contributed by atoms with Crippen molar-refractivity contribution in [3.05, 3.63) is 0 Å². The number of hydrogen-bond acceptors (Lipinski definition) is 5. The molecule has 6 nitrogen and oxygen atoms in total. The molecule has 0 amide bonds. The molecule has 0 unspecified atom stereocenters. The minimum atomic E-state index is -4.23. The van der Waals surface area contributed by atoms with Crippen LogP contribution in [0.2, 0.25) is 0 Å². The highest BCUT2D eigenvalue weighted by atomic mass is 32.2. The molecule has 0 heterocycles. The Morgan fingerprint density at radius 1 is 1.42 bits per heavy atom. The molecule has 0 radical (unpaired) electrons. The molecule has 0 rings (SSSR count). The summed E-state index contributed by atoms with van der Waals surface area (Å²) in [6.07, 6.45) is 0. The molecule has 0 aliphatic rings. The van der Waals surface area contributed by atoms with Crippen LogP contribution in [0.15, 0.2) is 0 Å². The summed E-state index contributed by atoms with van der Waals surface area (Å²) < 4.78 is 24.3. The molecule has 0 aliphatic heterocycles. The Kier molecular flexibility index (Phi) is 3.62. The number of hydrogen-bond donors (Lipinski definition) is 2. The highest BCUT2D eigenvalue weighted by molar-refractivity contribution is 7.84. The number of nitrogens with two attached hydrogens (primary N) is 2. The fourth-order valence-corrected chi connectivity index (χ4v) is 0.782. The Balaban J connectivity index is 4.25. The quantitative estimate of drug-likeness (QED) is 0.583. The van der Waals surface area contributed by atoms with Crippen molar-refractivity contribution in [1.29, 1.82) is 0 Å². The van der Waals surface area contributed by atoms with Gasteiger partial charge in [0.1, 0.15) is 6.04 Å². The second-order valence-electron chi connectivity index (χ2n) is 2.66. The van der Waals surface area contributed by atoms with E-state index in [0.29, 0.717) is 0 Å². The Morgan fingerprint density at radius 3 is 2.08 bits per heavy atom.